The van der Waals surface area contributed by atoms with Crippen LogP contribution in [-0.4, -0.2) is 16.1 Å². The average molecular weight is 300 g/mol. The van der Waals surface area contributed by atoms with Crippen LogP contribution in [-0.2, 0) is 11.2 Å². The molecule has 0 spiro atoms. The minimum absolute atomic E-state index is 0.00667. The van der Waals surface area contributed by atoms with Crippen LogP contribution in [0.4, 0.5) is 5.69 Å². The zero-order chi connectivity index (χ0) is 14.7. The molecule has 2 N–H and O–H groups in total. The lowest BCUT2D eigenvalue weighted by molar-refractivity contribution is -0.116. The number of aromatic amines is 1. The number of H-pyrrole nitrogens is 1. The highest BCUT2D eigenvalue weighted by Crippen LogP contribution is 2.17. The fraction of sp³-hybridized carbons (Fsp3) is 0.125. The Morgan fingerprint density at radius 3 is 2.81 bits per heavy atom. The molecule has 3 aromatic rings. The Labute approximate surface area is 127 Å². The first-order chi connectivity index (χ1) is 10.2. The first-order valence-corrected chi connectivity index (χ1v) is 7.06. The van der Waals surface area contributed by atoms with E-state index in [0.717, 1.165) is 22.2 Å². The summed E-state index contributed by atoms with van der Waals surface area (Å²) in [6.07, 6.45) is 2.86. The maximum atomic E-state index is 12.0. The van der Waals surface area contributed by atoms with E-state index in [2.05, 4.69) is 15.5 Å². The van der Waals surface area contributed by atoms with Gasteiger partial charge in [0.25, 0.3) is 0 Å². The predicted molar refractivity (Wildman–Crippen MR) is 84.5 cm³/mol. The molecule has 0 saturated heterocycles. The summed E-state index contributed by atoms with van der Waals surface area (Å²) in [5.41, 5.74) is 2.83. The molecule has 0 aliphatic heterocycles. The van der Waals surface area contributed by atoms with Gasteiger partial charge in [-0.2, -0.15) is 5.10 Å². The van der Waals surface area contributed by atoms with Gasteiger partial charge >= 0.3 is 0 Å². The molecule has 4 nitrogen and oxygen atoms in total. The number of aromatic nitrogens is 2. The molecule has 1 aromatic heterocycles. The van der Waals surface area contributed by atoms with Crippen LogP contribution in [0.3, 0.4) is 0 Å². The Hall–Kier alpha value is -2.33. The third-order valence-corrected chi connectivity index (χ3v) is 3.53. The third kappa shape index (κ3) is 3.41. The fourth-order valence-corrected chi connectivity index (χ4v) is 2.28. The van der Waals surface area contributed by atoms with Gasteiger partial charge in [0, 0.05) is 22.5 Å². The lowest BCUT2D eigenvalue weighted by Gasteiger charge is -2.05. The molecule has 1 amide bonds. The predicted octanol–water partition coefficient (Wildman–Crippen LogP) is 3.79. The summed E-state index contributed by atoms with van der Waals surface area (Å²) < 4.78 is 0. The van der Waals surface area contributed by atoms with Crippen LogP contribution in [0.1, 0.15) is 12.0 Å². The molecule has 0 atom stereocenters. The number of hydrogen-bond donors (Lipinski definition) is 2. The van der Waals surface area contributed by atoms with E-state index >= 15 is 0 Å². The van der Waals surface area contributed by atoms with E-state index in [4.69, 9.17) is 11.6 Å². The summed E-state index contributed by atoms with van der Waals surface area (Å²) >= 11 is 5.83. The number of carbonyl (C=O) groups is 1. The van der Waals surface area contributed by atoms with Gasteiger partial charge in [-0.25, -0.2) is 0 Å². The number of carbonyl (C=O) groups excluding carboxylic acids is 1. The van der Waals surface area contributed by atoms with Crippen molar-refractivity contribution in [2.75, 3.05) is 5.32 Å². The van der Waals surface area contributed by atoms with Gasteiger partial charge in [-0.05, 0) is 42.3 Å². The number of amides is 1. The van der Waals surface area contributed by atoms with Gasteiger partial charge in [0.05, 0.1) is 11.7 Å². The number of benzene rings is 2. The molecular weight excluding hydrogens is 286 g/mol. The van der Waals surface area contributed by atoms with Crippen molar-refractivity contribution >= 4 is 34.1 Å². The van der Waals surface area contributed by atoms with Crippen molar-refractivity contribution in [1.29, 1.82) is 0 Å². The largest absolute Gasteiger partial charge is 0.326 e. The zero-order valence-corrected chi connectivity index (χ0v) is 12.0. The van der Waals surface area contributed by atoms with E-state index in [-0.39, 0.29) is 5.91 Å². The number of hydrogen-bond acceptors (Lipinski definition) is 2. The SMILES string of the molecule is O=C(CCc1ccc(Cl)cc1)Nc1ccc2[nH]ncc2c1. The van der Waals surface area contributed by atoms with Gasteiger partial charge < -0.3 is 5.32 Å². The van der Waals surface area contributed by atoms with Crippen LogP contribution in [0.5, 0.6) is 0 Å². The van der Waals surface area contributed by atoms with E-state index in [1.807, 2.05) is 42.5 Å². The summed E-state index contributed by atoms with van der Waals surface area (Å²) in [4.78, 5) is 12.0. The quantitative estimate of drug-likeness (QED) is 0.770. The zero-order valence-electron chi connectivity index (χ0n) is 11.3. The molecule has 0 bridgehead atoms. The third-order valence-electron chi connectivity index (χ3n) is 3.28. The van der Waals surface area contributed by atoms with E-state index in [0.29, 0.717) is 17.9 Å². The normalized spacial score (nSPS) is 10.7. The highest BCUT2D eigenvalue weighted by Gasteiger charge is 2.04. The Kier molecular flexibility index (Phi) is 3.88. The van der Waals surface area contributed by atoms with E-state index < -0.39 is 0 Å². The number of anilines is 1. The minimum atomic E-state index is -0.00667. The number of nitrogens with one attached hydrogen (secondary N) is 2. The lowest BCUT2D eigenvalue weighted by Crippen LogP contribution is -2.12. The van der Waals surface area contributed by atoms with Crippen molar-refractivity contribution in [2.24, 2.45) is 0 Å². The molecule has 0 unspecified atom stereocenters. The highest BCUT2D eigenvalue weighted by molar-refractivity contribution is 6.30. The number of rotatable bonds is 4. The maximum absolute atomic E-state index is 12.0. The summed E-state index contributed by atoms with van der Waals surface area (Å²) in [5, 5.41) is 11.4. The smallest absolute Gasteiger partial charge is 0.224 e. The van der Waals surface area contributed by atoms with Crippen LogP contribution in [0, 0.1) is 0 Å². The van der Waals surface area contributed by atoms with Crippen LogP contribution in [0.2, 0.25) is 5.02 Å². The monoisotopic (exact) mass is 299 g/mol. The summed E-state index contributed by atoms with van der Waals surface area (Å²) in [7, 11) is 0. The Balaban J connectivity index is 1.59. The number of nitrogens with zero attached hydrogens (tertiary/aromatic N) is 1. The Morgan fingerprint density at radius 1 is 1.19 bits per heavy atom. The Morgan fingerprint density at radius 2 is 2.00 bits per heavy atom. The molecule has 1 heterocycles. The Bertz CT molecular complexity index is 765. The molecule has 0 aliphatic carbocycles. The van der Waals surface area contributed by atoms with Gasteiger partial charge in [0.1, 0.15) is 0 Å². The molecule has 2 aromatic carbocycles. The fourth-order valence-electron chi connectivity index (χ4n) is 2.15. The lowest BCUT2D eigenvalue weighted by atomic mass is 10.1. The molecule has 3 rings (SSSR count). The van der Waals surface area contributed by atoms with Crippen molar-refractivity contribution in [3.05, 3.63) is 59.2 Å². The summed E-state index contributed by atoms with van der Waals surface area (Å²) in [6, 6.07) is 13.2. The first kappa shape index (κ1) is 13.6. The average Bonchev–Trinajstić information content (AvgIpc) is 2.94. The highest BCUT2D eigenvalue weighted by atomic mass is 35.5. The van der Waals surface area contributed by atoms with Crippen LogP contribution >= 0.6 is 11.6 Å². The number of fused-ring (bicyclic) bond motifs is 1. The second kappa shape index (κ2) is 5.97. The first-order valence-electron chi connectivity index (χ1n) is 6.68. The van der Waals surface area contributed by atoms with Gasteiger partial charge in [-0.1, -0.05) is 23.7 Å². The van der Waals surface area contributed by atoms with Crippen molar-refractivity contribution in [1.82, 2.24) is 10.2 Å². The molecule has 0 aliphatic rings. The van der Waals surface area contributed by atoms with Gasteiger partial charge in [-0.15, -0.1) is 0 Å². The maximum Gasteiger partial charge on any atom is 0.224 e. The molecule has 0 fully saturated rings. The molecule has 106 valence electrons. The number of halogens is 1. The topological polar surface area (TPSA) is 57.8 Å². The molecule has 0 radical (unpaired) electrons. The minimum Gasteiger partial charge on any atom is -0.326 e. The van der Waals surface area contributed by atoms with Gasteiger partial charge in [0.15, 0.2) is 0 Å². The standard InChI is InChI=1S/C16H14ClN3O/c17-13-4-1-11(2-5-13)3-8-16(21)19-14-6-7-15-12(9-14)10-18-20-15/h1-2,4-7,9-10H,3,8H2,(H,18,20)(H,19,21). The number of aryl methyl sites for hydroxylation is 1. The second-order valence-electron chi connectivity index (χ2n) is 4.85. The molecule has 5 heteroatoms. The van der Waals surface area contributed by atoms with Gasteiger partial charge in [-0.3, -0.25) is 9.89 Å². The van der Waals surface area contributed by atoms with Crippen molar-refractivity contribution < 1.29 is 4.79 Å². The second-order valence-corrected chi connectivity index (χ2v) is 5.28. The van der Waals surface area contributed by atoms with E-state index in [9.17, 15) is 4.79 Å². The van der Waals surface area contributed by atoms with E-state index in [1.165, 1.54) is 0 Å². The van der Waals surface area contributed by atoms with Crippen LogP contribution < -0.4 is 5.32 Å². The van der Waals surface area contributed by atoms with Gasteiger partial charge in [0.2, 0.25) is 5.91 Å². The van der Waals surface area contributed by atoms with Crippen molar-refractivity contribution in [2.45, 2.75) is 12.8 Å². The van der Waals surface area contributed by atoms with Crippen molar-refractivity contribution in [3.8, 4) is 0 Å². The molecular formula is C16H14ClN3O. The summed E-state index contributed by atoms with van der Waals surface area (Å²) in [6.45, 7) is 0. The van der Waals surface area contributed by atoms with E-state index in [1.54, 1.807) is 6.20 Å². The van der Waals surface area contributed by atoms with Crippen LogP contribution in [0.25, 0.3) is 10.9 Å². The van der Waals surface area contributed by atoms with Crippen molar-refractivity contribution in [3.63, 3.8) is 0 Å². The molecule has 21 heavy (non-hydrogen) atoms. The molecule has 0 saturated carbocycles. The van der Waals surface area contributed by atoms with Crippen LogP contribution in [0.15, 0.2) is 48.7 Å². The summed E-state index contributed by atoms with van der Waals surface area (Å²) in [5.74, 6) is -0.00667.